The molecular formula is C20H25N3O. The van der Waals surface area contributed by atoms with Crippen LogP contribution < -0.4 is 10.5 Å². The Labute approximate surface area is 143 Å². The van der Waals surface area contributed by atoms with Gasteiger partial charge in [0.05, 0.1) is 24.9 Å². The van der Waals surface area contributed by atoms with Crippen molar-refractivity contribution in [3.8, 4) is 5.75 Å². The zero-order chi connectivity index (χ0) is 16.8. The first-order valence-corrected chi connectivity index (χ1v) is 8.60. The molecule has 2 aromatic rings. The van der Waals surface area contributed by atoms with Crippen LogP contribution in [0.2, 0.25) is 0 Å². The summed E-state index contributed by atoms with van der Waals surface area (Å²) in [5.41, 5.74) is 9.40. The van der Waals surface area contributed by atoms with Crippen molar-refractivity contribution in [3.05, 3.63) is 65.7 Å². The largest absolute Gasteiger partial charge is 0.494 e. The third-order valence-electron chi connectivity index (χ3n) is 4.22. The van der Waals surface area contributed by atoms with Gasteiger partial charge in [-0.3, -0.25) is 5.01 Å². The molecule has 1 atom stereocenters. The molecule has 24 heavy (non-hydrogen) atoms. The van der Waals surface area contributed by atoms with Crippen molar-refractivity contribution in [2.24, 2.45) is 10.8 Å². The van der Waals surface area contributed by atoms with Gasteiger partial charge in [-0.25, -0.2) is 0 Å². The lowest BCUT2D eigenvalue weighted by molar-refractivity contribution is 0.224. The van der Waals surface area contributed by atoms with Gasteiger partial charge in [-0.15, -0.1) is 0 Å². The SMILES string of the molecule is CCCOc1ccc(C2CC(CN)=NN2Cc2ccccc2)cc1. The molecule has 1 aliphatic rings. The van der Waals surface area contributed by atoms with Crippen LogP contribution in [0.3, 0.4) is 0 Å². The highest BCUT2D eigenvalue weighted by Crippen LogP contribution is 2.32. The summed E-state index contributed by atoms with van der Waals surface area (Å²) in [6, 6.07) is 19.0. The third-order valence-corrected chi connectivity index (χ3v) is 4.22. The van der Waals surface area contributed by atoms with Crippen LogP contribution in [0.1, 0.15) is 36.9 Å². The van der Waals surface area contributed by atoms with E-state index in [1.54, 1.807) is 0 Å². The number of hydrogen-bond donors (Lipinski definition) is 1. The molecule has 0 spiro atoms. The fourth-order valence-corrected chi connectivity index (χ4v) is 2.96. The minimum Gasteiger partial charge on any atom is -0.494 e. The van der Waals surface area contributed by atoms with Gasteiger partial charge in [0, 0.05) is 13.0 Å². The lowest BCUT2D eigenvalue weighted by Crippen LogP contribution is -2.19. The molecule has 0 saturated carbocycles. The van der Waals surface area contributed by atoms with Crippen molar-refractivity contribution < 1.29 is 4.74 Å². The second-order valence-corrected chi connectivity index (χ2v) is 6.09. The Bertz CT molecular complexity index is 667. The van der Waals surface area contributed by atoms with E-state index in [0.29, 0.717) is 6.54 Å². The molecular weight excluding hydrogens is 298 g/mol. The quantitative estimate of drug-likeness (QED) is 0.844. The summed E-state index contributed by atoms with van der Waals surface area (Å²) < 4.78 is 5.68. The molecule has 1 unspecified atom stereocenters. The van der Waals surface area contributed by atoms with E-state index in [-0.39, 0.29) is 6.04 Å². The second kappa shape index (κ2) is 7.97. The van der Waals surface area contributed by atoms with Crippen molar-refractivity contribution in [1.29, 1.82) is 0 Å². The molecule has 0 bridgehead atoms. The van der Waals surface area contributed by atoms with E-state index in [0.717, 1.165) is 37.5 Å². The number of rotatable bonds is 7. The molecule has 3 rings (SSSR count). The summed E-state index contributed by atoms with van der Waals surface area (Å²) >= 11 is 0. The van der Waals surface area contributed by atoms with Crippen molar-refractivity contribution >= 4 is 5.71 Å². The normalized spacial score (nSPS) is 17.0. The monoisotopic (exact) mass is 323 g/mol. The molecule has 0 aromatic heterocycles. The van der Waals surface area contributed by atoms with Crippen LogP contribution in [0.25, 0.3) is 0 Å². The van der Waals surface area contributed by atoms with Gasteiger partial charge in [-0.1, -0.05) is 49.4 Å². The molecule has 126 valence electrons. The fraction of sp³-hybridized carbons (Fsp3) is 0.350. The number of ether oxygens (including phenoxy) is 1. The summed E-state index contributed by atoms with van der Waals surface area (Å²) in [7, 11) is 0. The molecule has 1 heterocycles. The Morgan fingerprint density at radius 2 is 1.88 bits per heavy atom. The number of nitrogens with two attached hydrogens (primary N) is 1. The average molecular weight is 323 g/mol. The maximum absolute atomic E-state index is 5.83. The summed E-state index contributed by atoms with van der Waals surface area (Å²) in [6.07, 6.45) is 1.90. The molecule has 4 nitrogen and oxygen atoms in total. The van der Waals surface area contributed by atoms with E-state index in [1.165, 1.54) is 11.1 Å². The molecule has 4 heteroatoms. The van der Waals surface area contributed by atoms with Crippen LogP contribution in [0.4, 0.5) is 0 Å². The van der Waals surface area contributed by atoms with E-state index in [2.05, 4.69) is 48.3 Å². The standard InChI is InChI=1S/C20H25N3O/c1-2-12-24-19-10-8-17(9-11-19)20-13-18(14-21)22-23(20)15-16-6-4-3-5-7-16/h3-11,20H,2,12-15,21H2,1H3. The molecule has 0 saturated heterocycles. The Hall–Kier alpha value is -2.33. The van der Waals surface area contributed by atoms with Gasteiger partial charge in [0.2, 0.25) is 0 Å². The highest BCUT2D eigenvalue weighted by atomic mass is 16.5. The summed E-state index contributed by atoms with van der Waals surface area (Å²) in [6.45, 7) is 4.17. The molecule has 2 aromatic carbocycles. The number of nitrogens with zero attached hydrogens (tertiary/aromatic N) is 2. The summed E-state index contributed by atoms with van der Waals surface area (Å²) in [5, 5.41) is 6.88. The first-order valence-electron chi connectivity index (χ1n) is 8.60. The lowest BCUT2D eigenvalue weighted by atomic mass is 10.0. The van der Waals surface area contributed by atoms with Crippen molar-refractivity contribution in [1.82, 2.24) is 5.01 Å². The van der Waals surface area contributed by atoms with Crippen molar-refractivity contribution in [2.75, 3.05) is 13.2 Å². The first kappa shape index (κ1) is 16.5. The molecule has 1 aliphatic heterocycles. The molecule has 0 fully saturated rings. The van der Waals surface area contributed by atoms with E-state index in [9.17, 15) is 0 Å². The summed E-state index contributed by atoms with van der Waals surface area (Å²) in [4.78, 5) is 0. The van der Waals surface area contributed by atoms with Gasteiger partial charge < -0.3 is 10.5 Å². The maximum atomic E-state index is 5.83. The average Bonchev–Trinajstić information content (AvgIpc) is 3.04. The molecule has 0 radical (unpaired) electrons. The van der Waals surface area contributed by atoms with Gasteiger partial charge in [0.15, 0.2) is 0 Å². The number of hydrazone groups is 1. The van der Waals surface area contributed by atoms with Gasteiger partial charge in [0.25, 0.3) is 0 Å². The second-order valence-electron chi connectivity index (χ2n) is 6.09. The number of benzene rings is 2. The smallest absolute Gasteiger partial charge is 0.119 e. The third kappa shape index (κ3) is 3.95. The minimum atomic E-state index is 0.240. The van der Waals surface area contributed by atoms with Crippen LogP contribution in [0, 0.1) is 0 Å². The molecule has 0 amide bonds. The van der Waals surface area contributed by atoms with Gasteiger partial charge in [-0.05, 0) is 29.7 Å². The van der Waals surface area contributed by atoms with E-state index < -0.39 is 0 Å². The van der Waals surface area contributed by atoms with Gasteiger partial charge in [-0.2, -0.15) is 5.10 Å². The maximum Gasteiger partial charge on any atom is 0.119 e. The highest BCUT2D eigenvalue weighted by molar-refractivity contribution is 5.88. The Balaban J connectivity index is 1.75. The van der Waals surface area contributed by atoms with Gasteiger partial charge in [0.1, 0.15) is 5.75 Å². The first-order chi connectivity index (χ1) is 11.8. The van der Waals surface area contributed by atoms with Crippen LogP contribution in [0.15, 0.2) is 59.7 Å². The van der Waals surface area contributed by atoms with Crippen LogP contribution in [-0.2, 0) is 6.54 Å². The van der Waals surface area contributed by atoms with Gasteiger partial charge >= 0.3 is 0 Å². The van der Waals surface area contributed by atoms with E-state index in [4.69, 9.17) is 15.6 Å². The molecule has 0 aliphatic carbocycles. The Morgan fingerprint density at radius 3 is 2.54 bits per heavy atom. The van der Waals surface area contributed by atoms with Crippen molar-refractivity contribution in [2.45, 2.75) is 32.4 Å². The van der Waals surface area contributed by atoms with E-state index >= 15 is 0 Å². The summed E-state index contributed by atoms with van der Waals surface area (Å²) in [5.74, 6) is 0.924. The Morgan fingerprint density at radius 1 is 1.12 bits per heavy atom. The van der Waals surface area contributed by atoms with Crippen molar-refractivity contribution in [3.63, 3.8) is 0 Å². The minimum absolute atomic E-state index is 0.240. The van der Waals surface area contributed by atoms with Crippen LogP contribution >= 0.6 is 0 Å². The topological polar surface area (TPSA) is 50.9 Å². The van der Waals surface area contributed by atoms with Crippen LogP contribution in [0.5, 0.6) is 5.75 Å². The zero-order valence-electron chi connectivity index (χ0n) is 14.2. The predicted molar refractivity (Wildman–Crippen MR) is 98.1 cm³/mol. The lowest BCUT2D eigenvalue weighted by Gasteiger charge is -2.24. The highest BCUT2D eigenvalue weighted by Gasteiger charge is 2.27. The zero-order valence-corrected chi connectivity index (χ0v) is 14.2. The number of hydrogen-bond acceptors (Lipinski definition) is 4. The van der Waals surface area contributed by atoms with E-state index in [1.807, 2.05) is 18.2 Å². The molecule has 2 N–H and O–H groups in total. The van der Waals surface area contributed by atoms with Crippen LogP contribution in [-0.4, -0.2) is 23.9 Å². The fourth-order valence-electron chi connectivity index (χ4n) is 2.96. The Kier molecular flexibility index (Phi) is 5.49. The predicted octanol–water partition coefficient (Wildman–Crippen LogP) is 3.74.